The summed E-state index contributed by atoms with van der Waals surface area (Å²) in [6.07, 6.45) is 0. The van der Waals surface area contributed by atoms with Crippen LogP contribution in [0.2, 0.25) is 5.02 Å². The first-order valence-electron chi connectivity index (χ1n) is 5.47. The predicted molar refractivity (Wildman–Crippen MR) is 71.6 cm³/mol. The summed E-state index contributed by atoms with van der Waals surface area (Å²) < 4.78 is 0. The topological polar surface area (TPSA) is 32.3 Å². The Bertz CT molecular complexity index is 499. The van der Waals surface area contributed by atoms with Crippen molar-refractivity contribution >= 4 is 17.3 Å². The van der Waals surface area contributed by atoms with Gasteiger partial charge in [0.1, 0.15) is 5.75 Å². The lowest BCUT2D eigenvalue weighted by molar-refractivity contribution is 0.465. The van der Waals surface area contributed by atoms with Gasteiger partial charge in [-0.3, -0.25) is 0 Å². The Labute approximate surface area is 106 Å². The molecule has 3 heteroatoms. The minimum Gasteiger partial charge on any atom is -0.508 e. The van der Waals surface area contributed by atoms with E-state index in [1.807, 2.05) is 37.3 Å². The summed E-state index contributed by atoms with van der Waals surface area (Å²) in [4.78, 5) is 0. The third-order valence-corrected chi connectivity index (χ3v) is 2.85. The minimum atomic E-state index is -0.00361. The van der Waals surface area contributed by atoms with Gasteiger partial charge >= 0.3 is 0 Å². The normalized spacial score (nSPS) is 12.1. The maximum atomic E-state index is 9.78. The van der Waals surface area contributed by atoms with Gasteiger partial charge in [-0.1, -0.05) is 29.8 Å². The molecule has 1 atom stereocenters. The molecule has 0 saturated heterocycles. The van der Waals surface area contributed by atoms with Gasteiger partial charge in [0, 0.05) is 16.3 Å². The van der Waals surface area contributed by atoms with E-state index < -0.39 is 0 Å². The van der Waals surface area contributed by atoms with Gasteiger partial charge in [0.05, 0.1) is 6.04 Å². The van der Waals surface area contributed by atoms with Crippen LogP contribution < -0.4 is 5.32 Å². The smallest absolute Gasteiger partial charge is 0.120 e. The fourth-order valence-electron chi connectivity index (χ4n) is 1.73. The lowest BCUT2D eigenvalue weighted by Crippen LogP contribution is -2.06. The van der Waals surface area contributed by atoms with Crippen LogP contribution in [0.3, 0.4) is 0 Å². The van der Waals surface area contributed by atoms with E-state index in [1.165, 1.54) is 0 Å². The first-order valence-corrected chi connectivity index (χ1v) is 5.84. The molecule has 0 aliphatic carbocycles. The zero-order valence-corrected chi connectivity index (χ0v) is 10.3. The van der Waals surface area contributed by atoms with Crippen LogP contribution in [0, 0.1) is 0 Å². The molecule has 2 aromatic carbocycles. The van der Waals surface area contributed by atoms with E-state index in [0.717, 1.165) is 11.3 Å². The molecule has 0 aromatic heterocycles. The van der Waals surface area contributed by atoms with E-state index >= 15 is 0 Å². The maximum Gasteiger partial charge on any atom is 0.120 e. The summed E-state index contributed by atoms with van der Waals surface area (Å²) in [6, 6.07) is 14.9. The molecular weight excluding hydrogens is 234 g/mol. The quantitative estimate of drug-likeness (QED) is 0.851. The maximum absolute atomic E-state index is 9.78. The second-order valence-electron chi connectivity index (χ2n) is 3.94. The highest BCUT2D eigenvalue weighted by Gasteiger charge is 2.10. The minimum absolute atomic E-state index is 0.00361. The first-order chi connectivity index (χ1) is 8.16. The predicted octanol–water partition coefficient (Wildman–Crippen LogP) is 4.22. The van der Waals surface area contributed by atoms with Crippen LogP contribution in [0.4, 0.5) is 5.69 Å². The zero-order valence-electron chi connectivity index (χ0n) is 9.52. The molecule has 0 aliphatic rings. The third kappa shape index (κ3) is 2.92. The summed E-state index contributed by atoms with van der Waals surface area (Å²) >= 11 is 5.92. The van der Waals surface area contributed by atoms with Gasteiger partial charge in [-0.15, -0.1) is 0 Å². The Kier molecular flexibility index (Phi) is 3.55. The van der Waals surface area contributed by atoms with Crippen LogP contribution in [0.15, 0.2) is 48.5 Å². The van der Waals surface area contributed by atoms with Gasteiger partial charge in [-0.2, -0.15) is 0 Å². The van der Waals surface area contributed by atoms with E-state index in [4.69, 9.17) is 11.6 Å². The van der Waals surface area contributed by atoms with Gasteiger partial charge in [0.25, 0.3) is 0 Å². The lowest BCUT2D eigenvalue weighted by atomic mass is 10.1. The number of rotatable bonds is 3. The van der Waals surface area contributed by atoms with Crippen LogP contribution in [0.5, 0.6) is 5.75 Å². The number of hydrogen-bond donors (Lipinski definition) is 2. The van der Waals surface area contributed by atoms with E-state index in [1.54, 1.807) is 18.2 Å². The molecule has 0 bridgehead atoms. The Balaban J connectivity index is 2.20. The second-order valence-corrected chi connectivity index (χ2v) is 4.37. The molecule has 0 fully saturated rings. The van der Waals surface area contributed by atoms with Crippen molar-refractivity contribution in [2.75, 3.05) is 5.32 Å². The Hall–Kier alpha value is -1.67. The van der Waals surface area contributed by atoms with E-state index in [0.29, 0.717) is 5.02 Å². The molecule has 0 aliphatic heterocycles. The summed E-state index contributed by atoms with van der Waals surface area (Å²) in [5, 5.41) is 13.7. The third-order valence-electron chi connectivity index (χ3n) is 2.61. The van der Waals surface area contributed by atoms with Gasteiger partial charge in [0.15, 0.2) is 0 Å². The average Bonchev–Trinajstić information content (AvgIpc) is 2.33. The molecule has 0 unspecified atom stereocenters. The first kappa shape index (κ1) is 11.8. The van der Waals surface area contributed by atoms with Crippen molar-refractivity contribution in [3.05, 3.63) is 59.1 Å². The van der Waals surface area contributed by atoms with Crippen molar-refractivity contribution in [2.45, 2.75) is 13.0 Å². The van der Waals surface area contributed by atoms with Gasteiger partial charge < -0.3 is 10.4 Å². The number of hydrogen-bond acceptors (Lipinski definition) is 2. The number of aromatic hydroxyl groups is 1. The van der Waals surface area contributed by atoms with Crippen molar-refractivity contribution in [1.29, 1.82) is 0 Å². The van der Waals surface area contributed by atoms with E-state index in [-0.39, 0.29) is 11.8 Å². The molecule has 0 heterocycles. The van der Waals surface area contributed by atoms with Crippen molar-refractivity contribution in [2.24, 2.45) is 0 Å². The Morgan fingerprint density at radius 1 is 1.12 bits per heavy atom. The number of benzene rings is 2. The molecule has 0 radical (unpaired) electrons. The standard InChI is InChI=1S/C14H14ClNO/c1-10(16-12-5-3-2-4-6-12)13-9-11(15)7-8-14(13)17/h2-10,16-17H,1H3/t10-/m1/s1. The molecule has 17 heavy (non-hydrogen) atoms. The molecule has 2 nitrogen and oxygen atoms in total. The Morgan fingerprint density at radius 2 is 1.82 bits per heavy atom. The monoisotopic (exact) mass is 247 g/mol. The highest BCUT2D eigenvalue weighted by Crippen LogP contribution is 2.29. The fraction of sp³-hybridized carbons (Fsp3) is 0.143. The number of anilines is 1. The van der Waals surface area contributed by atoms with E-state index in [2.05, 4.69) is 5.32 Å². The van der Waals surface area contributed by atoms with Crippen molar-refractivity contribution < 1.29 is 5.11 Å². The average molecular weight is 248 g/mol. The summed E-state index contributed by atoms with van der Waals surface area (Å²) in [5.74, 6) is 0.255. The molecule has 0 spiro atoms. The molecule has 88 valence electrons. The zero-order chi connectivity index (χ0) is 12.3. The highest BCUT2D eigenvalue weighted by atomic mass is 35.5. The molecule has 0 saturated carbocycles. The summed E-state index contributed by atoms with van der Waals surface area (Å²) in [5.41, 5.74) is 1.81. The number of nitrogens with one attached hydrogen (secondary N) is 1. The van der Waals surface area contributed by atoms with Crippen LogP contribution in [-0.4, -0.2) is 5.11 Å². The summed E-state index contributed by atoms with van der Waals surface area (Å²) in [6.45, 7) is 1.98. The lowest BCUT2D eigenvalue weighted by Gasteiger charge is -2.17. The number of phenolic OH excluding ortho intramolecular Hbond substituents is 1. The molecule has 2 aromatic rings. The number of para-hydroxylation sites is 1. The summed E-state index contributed by atoms with van der Waals surface area (Å²) in [7, 11) is 0. The van der Waals surface area contributed by atoms with Gasteiger partial charge in [0.2, 0.25) is 0 Å². The number of halogens is 1. The largest absolute Gasteiger partial charge is 0.508 e. The van der Waals surface area contributed by atoms with Crippen molar-refractivity contribution in [1.82, 2.24) is 0 Å². The SMILES string of the molecule is C[C@@H](Nc1ccccc1)c1cc(Cl)ccc1O. The van der Waals surface area contributed by atoms with Gasteiger partial charge in [-0.05, 0) is 37.3 Å². The van der Waals surface area contributed by atoms with E-state index in [9.17, 15) is 5.11 Å². The van der Waals surface area contributed by atoms with Crippen LogP contribution in [0.1, 0.15) is 18.5 Å². The molecule has 0 amide bonds. The highest BCUT2D eigenvalue weighted by molar-refractivity contribution is 6.30. The van der Waals surface area contributed by atoms with Crippen molar-refractivity contribution in [3.63, 3.8) is 0 Å². The van der Waals surface area contributed by atoms with Crippen LogP contribution in [0.25, 0.3) is 0 Å². The second kappa shape index (κ2) is 5.11. The number of phenols is 1. The molecular formula is C14H14ClNO. The van der Waals surface area contributed by atoms with Gasteiger partial charge in [-0.25, -0.2) is 0 Å². The molecule has 2 N–H and O–H groups in total. The molecule has 2 rings (SSSR count). The Morgan fingerprint density at radius 3 is 2.53 bits per heavy atom. The van der Waals surface area contributed by atoms with Crippen LogP contribution >= 0.6 is 11.6 Å². The fourth-order valence-corrected chi connectivity index (χ4v) is 1.91. The van der Waals surface area contributed by atoms with Crippen LogP contribution in [-0.2, 0) is 0 Å². The van der Waals surface area contributed by atoms with Crippen molar-refractivity contribution in [3.8, 4) is 5.75 Å².